The summed E-state index contributed by atoms with van der Waals surface area (Å²) in [5.41, 5.74) is 4.51. The highest BCUT2D eigenvalue weighted by Gasteiger charge is 2.49. The molecule has 1 heterocycles. The minimum Gasteiger partial charge on any atom is -0.489 e. The third-order valence-corrected chi connectivity index (χ3v) is 10.2. The van der Waals surface area contributed by atoms with Gasteiger partial charge in [-0.15, -0.1) is 0 Å². The maximum absolute atomic E-state index is 6.89. The van der Waals surface area contributed by atoms with Crippen molar-refractivity contribution >= 4 is 15.9 Å². The number of hydrogen-bond acceptors (Lipinski definition) is 4. The Hall–Kier alpha value is -3.28. The zero-order chi connectivity index (χ0) is 31.2. The van der Waals surface area contributed by atoms with Gasteiger partial charge in [-0.1, -0.05) is 91.0 Å². The van der Waals surface area contributed by atoms with Gasteiger partial charge >= 0.3 is 0 Å². The van der Waals surface area contributed by atoms with Crippen LogP contribution in [0.3, 0.4) is 0 Å². The molecule has 236 valence electrons. The van der Waals surface area contributed by atoms with Crippen molar-refractivity contribution in [1.82, 2.24) is 0 Å². The summed E-state index contributed by atoms with van der Waals surface area (Å²) in [5.74, 6) is 3.07. The molecule has 4 nitrogen and oxygen atoms in total. The van der Waals surface area contributed by atoms with E-state index in [1.165, 1.54) is 11.1 Å². The van der Waals surface area contributed by atoms with E-state index in [0.29, 0.717) is 19.1 Å². The summed E-state index contributed by atoms with van der Waals surface area (Å²) in [6, 6.07) is 33.6. The number of rotatable bonds is 12. The Bertz CT molecular complexity index is 1520. The Balaban J connectivity index is 1.26. The predicted octanol–water partition coefficient (Wildman–Crippen LogP) is 10.5. The number of benzene rings is 4. The quantitative estimate of drug-likeness (QED) is 0.150. The van der Waals surface area contributed by atoms with E-state index in [9.17, 15) is 0 Å². The van der Waals surface area contributed by atoms with Gasteiger partial charge in [0.1, 0.15) is 33.9 Å². The highest BCUT2D eigenvalue weighted by Crippen LogP contribution is 2.58. The molecule has 4 aromatic carbocycles. The maximum atomic E-state index is 6.89. The van der Waals surface area contributed by atoms with Gasteiger partial charge in [0.15, 0.2) is 0 Å². The van der Waals surface area contributed by atoms with Crippen molar-refractivity contribution in [3.05, 3.63) is 124 Å². The minimum absolute atomic E-state index is 0.0415. The normalized spacial score (nSPS) is 20.8. The molecule has 4 aromatic rings. The lowest BCUT2D eigenvalue weighted by molar-refractivity contribution is -0.0569. The van der Waals surface area contributed by atoms with Crippen molar-refractivity contribution in [2.75, 3.05) is 0 Å². The highest BCUT2D eigenvalue weighted by molar-refractivity contribution is 9.10. The standard InChI is InChI=1S/C40H45BrO4/c1-28(14-13-21-29-15-7-4-8-16-29)44-36-25-35(43-27-31-19-11-6-12-20-31)37-33-24-32(42-26-30-17-9-5-10-18-30)22-23-34(33)40(2,3)45-39(37)38(36)41/h4-12,15-20,25,28,32-34H,13-14,21-24,26-27H2,1-3H3/t28?,32-,33-,34-/m1/s1. The maximum Gasteiger partial charge on any atom is 0.145 e. The van der Waals surface area contributed by atoms with Gasteiger partial charge < -0.3 is 18.9 Å². The molecule has 45 heavy (non-hydrogen) atoms. The average Bonchev–Trinajstić information content (AvgIpc) is 3.06. The second-order valence-electron chi connectivity index (χ2n) is 13.2. The van der Waals surface area contributed by atoms with Crippen molar-refractivity contribution in [3.63, 3.8) is 0 Å². The SMILES string of the molecule is CC(CCCc1ccccc1)Oc1cc(OCc2ccccc2)c2c(c1Br)OC(C)(C)[C@@H]1CC[C@@H](OCc3ccccc3)C[C@@H]21. The molecular formula is C40H45BrO4. The minimum atomic E-state index is -0.332. The molecule has 0 amide bonds. The first kappa shape index (κ1) is 31.7. The van der Waals surface area contributed by atoms with E-state index in [2.05, 4.69) is 122 Å². The van der Waals surface area contributed by atoms with E-state index in [4.69, 9.17) is 18.9 Å². The predicted molar refractivity (Wildman–Crippen MR) is 184 cm³/mol. The Labute approximate surface area is 277 Å². The van der Waals surface area contributed by atoms with E-state index >= 15 is 0 Å². The number of ether oxygens (including phenoxy) is 4. The number of hydrogen-bond donors (Lipinski definition) is 0. The summed E-state index contributed by atoms with van der Waals surface area (Å²) in [7, 11) is 0. The lowest BCUT2D eigenvalue weighted by Gasteiger charge is -2.49. The fourth-order valence-corrected chi connectivity index (χ4v) is 7.57. The van der Waals surface area contributed by atoms with Crippen LogP contribution >= 0.6 is 15.9 Å². The van der Waals surface area contributed by atoms with E-state index < -0.39 is 0 Å². The van der Waals surface area contributed by atoms with Crippen molar-refractivity contribution < 1.29 is 18.9 Å². The first-order valence-electron chi connectivity index (χ1n) is 16.5. The highest BCUT2D eigenvalue weighted by atomic mass is 79.9. The molecule has 2 aliphatic rings. The third-order valence-electron chi connectivity index (χ3n) is 9.43. The van der Waals surface area contributed by atoms with Crippen LogP contribution in [0.15, 0.2) is 102 Å². The van der Waals surface area contributed by atoms with Crippen molar-refractivity contribution in [2.24, 2.45) is 5.92 Å². The summed E-state index contributed by atoms with van der Waals surface area (Å²) < 4.78 is 27.6. The summed E-state index contributed by atoms with van der Waals surface area (Å²) >= 11 is 3.94. The summed E-state index contributed by atoms with van der Waals surface area (Å²) in [5, 5.41) is 0. The molecular weight excluding hydrogens is 624 g/mol. The molecule has 1 aliphatic heterocycles. The van der Waals surface area contributed by atoms with Crippen LogP contribution in [0, 0.1) is 5.92 Å². The van der Waals surface area contributed by atoms with E-state index in [0.717, 1.165) is 71.4 Å². The molecule has 0 saturated heterocycles. The smallest absolute Gasteiger partial charge is 0.145 e. The molecule has 5 heteroatoms. The van der Waals surface area contributed by atoms with Gasteiger partial charge in [-0.25, -0.2) is 0 Å². The lowest BCUT2D eigenvalue weighted by Crippen LogP contribution is -2.48. The van der Waals surface area contributed by atoms with Crippen LogP contribution in [0.25, 0.3) is 0 Å². The fraction of sp³-hybridized carbons (Fsp3) is 0.400. The van der Waals surface area contributed by atoms with Gasteiger partial charge in [-0.2, -0.15) is 0 Å². The van der Waals surface area contributed by atoms with E-state index in [-0.39, 0.29) is 23.7 Å². The molecule has 0 N–H and O–H groups in total. The molecule has 1 aliphatic carbocycles. The summed E-state index contributed by atoms with van der Waals surface area (Å²) in [6.45, 7) is 7.73. The van der Waals surface area contributed by atoms with Gasteiger partial charge in [0.2, 0.25) is 0 Å². The summed E-state index contributed by atoms with van der Waals surface area (Å²) in [6.07, 6.45) is 6.27. The van der Waals surface area contributed by atoms with Gasteiger partial charge in [-0.3, -0.25) is 0 Å². The number of aryl methyl sites for hydroxylation is 1. The van der Waals surface area contributed by atoms with Crippen molar-refractivity contribution in [1.29, 1.82) is 0 Å². The Morgan fingerprint density at radius 1 is 0.822 bits per heavy atom. The van der Waals surface area contributed by atoms with Crippen LogP contribution in [0.4, 0.5) is 0 Å². The van der Waals surface area contributed by atoms with Gasteiger partial charge in [-0.05, 0) is 91.9 Å². The Morgan fingerprint density at radius 2 is 1.44 bits per heavy atom. The second kappa shape index (κ2) is 14.4. The first-order valence-corrected chi connectivity index (χ1v) is 17.2. The topological polar surface area (TPSA) is 36.9 Å². The van der Waals surface area contributed by atoms with Crippen LogP contribution in [-0.4, -0.2) is 17.8 Å². The zero-order valence-electron chi connectivity index (χ0n) is 26.7. The molecule has 0 radical (unpaired) electrons. The first-order chi connectivity index (χ1) is 21.9. The second-order valence-corrected chi connectivity index (χ2v) is 14.0. The molecule has 0 aromatic heterocycles. The van der Waals surface area contributed by atoms with E-state index in [1.54, 1.807) is 0 Å². The largest absolute Gasteiger partial charge is 0.489 e. The molecule has 1 saturated carbocycles. The monoisotopic (exact) mass is 668 g/mol. The van der Waals surface area contributed by atoms with Crippen LogP contribution in [0.5, 0.6) is 17.2 Å². The average molecular weight is 670 g/mol. The van der Waals surface area contributed by atoms with Gasteiger partial charge in [0.05, 0.1) is 18.8 Å². The van der Waals surface area contributed by atoms with Gasteiger partial charge in [0, 0.05) is 23.5 Å². The Kier molecular flexibility index (Phi) is 10.2. The molecule has 0 bridgehead atoms. The molecule has 1 unspecified atom stereocenters. The number of fused-ring (bicyclic) bond motifs is 3. The Morgan fingerprint density at radius 3 is 2.11 bits per heavy atom. The molecule has 1 fully saturated rings. The van der Waals surface area contributed by atoms with Crippen LogP contribution in [0.2, 0.25) is 0 Å². The lowest BCUT2D eigenvalue weighted by atomic mass is 9.66. The third kappa shape index (κ3) is 7.76. The molecule has 4 atom stereocenters. The van der Waals surface area contributed by atoms with Crippen LogP contribution in [-0.2, 0) is 24.4 Å². The summed E-state index contributed by atoms with van der Waals surface area (Å²) in [4.78, 5) is 0. The van der Waals surface area contributed by atoms with Crippen molar-refractivity contribution in [3.8, 4) is 17.2 Å². The molecule has 6 rings (SSSR count). The van der Waals surface area contributed by atoms with Crippen molar-refractivity contribution in [2.45, 2.75) is 96.2 Å². The molecule has 0 spiro atoms. The van der Waals surface area contributed by atoms with E-state index in [1.807, 2.05) is 12.1 Å². The van der Waals surface area contributed by atoms with Gasteiger partial charge in [0.25, 0.3) is 0 Å². The zero-order valence-corrected chi connectivity index (χ0v) is 28.3. The fourth-order valence-electron chi connectivity index (χ4n) is 7.07. The van der Waals surface area contributed by atoms with Crippen LogP contribution < -0.4 is 14.2 Å². The van der Waals surface area contributed by atoms with Crippen LogP contribution in [0.1, 0.15) is 81.0 Å². The number of halogens is 1.